The molecule has 0 spiro atoms. The highest BCUT2D eigenvalue weighted by molar-refractivity contribution is 14.1. The first-order valence-corrected chi connectivity index (χ1v) is 4.85. The van der Waals surface area contributed by atoms with Crippen LogP contribution in [0.4, 0.5) is 0 Å². The molecule has 60 valence electrons. The minimum Gasteiger partial charge on any atom is -0.306 e. The third-order valence-corrected chi connectivity index (χ3v) is 2.85. The van der Waals surface area contributed by atoms with Crippen LogP contribution in [0.2, 0.25) is 0 Å². The molecule has 1 aliphatic rings. The van der Waals surface area contributed by atoms with Crippen molar-refractivity contribution >= 4 is 22.9 Å². The van der Waals surface area contributed by atoms with Gasteiger partial charge in [-0.2, -0.15) is 0 Å². The molecular formula is C7H15IN2. The maximum absolute atomic E-state index is 2.42. The molecule has 0 unspecified atom stereocenters. The van der Waals surface area contributed by atoms with Crippen molar-refractivity contribution in [2.45, 2.75) is 12.8 Å². The summed E-state index contributed by atoms with van der Waals surface area (Å²) < 4.78 is 2.39. The molecule has 0 aromatic rings. The molecule has 1 rings (SSSR count). The van der Waals surface area contributed by atoms with E-state index in [1.165, 1.54) is 39.0 Å². The maximum atomic E-state index is 2.42. The zero-order chi connectivity index (χ0) is 7.40. The lowest BCUT2D eigenvalue weighted by atomic mass is 10.3. The predicted octanol–water partition coefficient (Wildman–Crippen LogP) is 1.36. The van der Waals surface area contributed by atoms with Gasteiger partial charge in [-0.3, -0.25) is 0 Å². The topological polar surface area (TPSA) is 6.48 Å². The molecule has 0 N–H and O–H groups in total. The molecule has 0 radical (unpaired) electrons. The molecule has 1 saturated heterocycles. The zero-order valence-corrected chi connectivity index (χ0v) is 8.67. The van der Waals surface area contributed by atoms with Crippen LogP contribution in [0.1, 0.15) is 12.8 Å². The first kappa shape index (κ1) is 8.74. The fourth-order valence-electron chi connectivity index (χ4n) is 1.25. The Morgan fingerprint density at radius 3 is 2.00 bits per heavy atom. The average molecular weight is 254 g/mol. The minimum absolute atomic E-state index is 1.25. The van der Waals surface area contributed by atoms with Crippen LogP contribution in [0.15, 0.2) is 0 Å². The van der Waals surface area contributed by atoms with E-state index >= 15 is 0 Å². The van der Waals surface area contributed by atoms with Gasteiger partial charge in [-0.25, -0.2) is 3.11 Å². The lowest BCUT2D eigenvalue weighted by Crippen LogP contribution is -2.30. The molecule has 0 bridgehead atoms. The van der Waals surface area contributed by atoms with E-state index in [2.05, 4.69) is 37.9 Å². The summed E-state index contributed by atoms with van der Waals surface area (Å²) in [6, 6.07) is 0. The monoisotopic (exact) mass is 254 g/mol. The maximum Gasteiger partial charge on any atom is 0.0201 e. The van der Waals surface area contributed by atoms with Gasteiger partial charge in [0.05, 0.1) is 0 Å². The molecule has 0 aromatic carbocycles. The van der Waals surface area contributed by atoms with Crippen LogP contribution in [0.25, 0.3) is 0 Å². The van der Waals surface area contributed by atoms with E-state index in [-0.39, 0.29) is 0 Å². The van der Waals surface area contributed by atoms with Crippen molar-refractivity contribution in [3.63, 3.8) is 0 Å². The predicted molar refractivity (Wildman–Crippen MR) is 52.3 cm³/mol. The van der Waals surface area contributed by atoms with Gasteiger partial charge in [0.25, 0.3) is 0 Å². The van der Waals surface area contributed by atoms with Crippen molar-refractivity contribution in [3.05, 3.63) is 0 Å². The Labute approximate surface area is 77.1 Å². The average Bonchev–Trinajstić information content (AvgIpc) is 1.84. The van der Waals surface area contributed by atoms with Crippen LogP contribution < -0.4 is 0 Å². The fourth-order valence-corrected chi connectivity index (χ4v) is 1.93. The van der Waals surface area contributed by atoms with Gasteiger partial charge in [0.1, 0.15) is 0 Å². The second-order valence-corrected chi connectivity index (χ2v) is 4.28. The highest BCUT2D eigenvalue weighted by Crippen LogP contribution is 2.06. The zero-order valence-electron chi connectivity index (χ0n) is 6.52. The van der Waals surface area contributed by atoms with Gasteiger partial charge in [0, 0.05) is 36.0 Å². The molecule has 10 heavy (non-hydrogen) atoms. The Hall–Kier alpha value is 0.650. The Balaban J connectivity index is 2.21. The lowest BCUT2D eigenvalue weighted by molar-refractivity contribution is 0.279. The first-order chi connectivity index (χ1) is 4.79. The molecule has 0 saturated carbocycles. The van der Waals surface area contributed by atoms with E-state index in [1.807, 2.05) is 0 Å². The molecule has 0 aliphatic carbocycles. The van der Waals surface area contributed by atoms with Crippen LogP contribution in [-0.2, 0) is 0 Å². The molecule has 3 heteroatoms. The van der Waals surface area contributed by atoms with Gasteiger partial charge in [-0.05, 0) is 33.0 Å². The summed E-state index contributed by atoms with van der Waals surface area (Å²) >= 11 is 2.42. The van der Waals surface area contributed by atoms with Crippen molar-refractivity contribution in [1.82, 2.24) is 8.01 Å². The van der Waals surface area contributed by atoms with E-state index in [0.717, 1.165) is 0 Å². The molecular weight excluding hydrogens is 239 g/mol. The summed E-state index contributed by atoms with van der Waals surface area (Å²) in [5.74, 6) is 0. The van der Waals surface area contributed by atoms with Gasteiger partial charge in [0.2, 0.25) is 0 Å². The molecule has 0 amide bonds. The molecule has 2 nitrogen and oxygen atoms in total. The number of nitrogens with zero attached hydrogens (tertiary/aromatic N) is 2. The van der Waals surface area contributed by atoms with Crippen LogP contribution in [-0.4, -0.2) is 41.2 Å². The summed E-state index contributed by atoms with van der Waals surface area (Å²) in [6.45, 7) is 5.04. The second kappa shape index (κ2) is 4.51. The Morgan fingerprint density at radius 1 is 1.00 bits per heavy atom. The van der Waals surface area contributed by atoms with Gasteiger partial charge in [-0.15, -0.1) is 0 Å². The minimum atomic E-state index is 1.25. The second-order valence-electron chi connectivity index (χ2n) is 2.92. The normalized spacial score (nSPS) is 25.8. The SMILES string of the molecule is CN1CCCN(I)CCC1. The van der Waals surface area contributed by atoms with Crippen LogP contribution >= 0.6 is 22.9 Å². The number of hydrogen-bond donors (Lipinski definition) is 0. The van der Waals surface area contributed by atoms with E-state index in [1.54, 1.807) is 0 Å². The van der Waals surface area contributed by atoms with Gasteiger partial charge < -0.3 is 4.90 Å². The Morgan fingerprint density at radius 2 is 1.50 bits per heavy atom. The van der Waals surface area contributed by atoms with Crippen LogP contribution in [0.3, 0.4) is 0 Å². The Bertz CT molecular complexity index is 77.6. The highest BCUT2D eigenvalue weighted by atomic mass is 127. The smallest absolute Gasteiger partial charge is 0.0201 e. The third-order valence-electron chi connectivity index (χ3n) is 1.88. The van der Waals surface area contributed by atoms with Crippen molar-refractivity contribution in [3.8, 4) is 0 Å². The van der Waals surface area contributed by atoms with Crippen LogP contribution in [0, 0.1) is 0 Å². The van der Waals surface area contributed by atoms with E-state index < -0.39 is 0 Å². The Kier molecular flexibility index (Phi) is 3.95. The number of halogens is 1. The summed E-state index contributed by atoms with van der Waals surface area (Å²) in [5, 5.41) is 0. The van der Waals surface area contributed by atoms with Crippen LogP contribution in [0.5, 0.6) is 0 Å². The molecule has 1 fully saturated rings. The van der Waals surface area contributed by atoms with Gasteiger partial charge in [-0.1, -0.05) is 0 Å². The third kappa shape index (κ3) is 3.16. The first-order valence-electron chi connectivity index (χ1n) is 3.88. The van der Waals surface area contributed by atoms with Crippen molar-refractivity contribution in [2.24, 2.45) is 0 Å². The van der Waals surface area contributed by atoms with Gasteiger partial charge in [0.15, 0.2) is 0 Å². The van der Waals surface area contributed by atoms with E-state index in [0.29, 0.717) is 0 Å². The van der Waals surface area contributed by atoms with E-state index in [4.69, 9.17) is 0 Å². The quantitative estimate of drug-likeness (QED) is 0.476. The van der Waals surface area contributed by atoms with Crippen molar-refractivity contribution < 1.29 is 0 Å². The summed E-state index contributed by atoms with van der Waals surface area (Å²) in [6.07, 6.45) is 2.64. The molecule has 0 aromatic heterocycles. The molecule has 0 atom stereocenters. The fraction of sp³-hybridized carbons (Fsp3) is 1.00. The number of rotatable bonds is 0. The number of hydrogen-bond acceptors (Lipinski definition) is 2. The summed E-state index contributed by atoms with van der Waals surface area (Å²) in [4.78, 5) is 2.42. The van der Waals surface area contributed by atoms with Gasteiger partial charge >= 0.3 is 0 Å². The van der Waals surface area contributed by atoms with Crippen molar-refractivity contribution in [2.75, 3.05) is 33.2 Å². The summed E-state index contributed by atoms with van der Waals surface area (Å²) in [5.41, 5.74) is 0. The highest BCUT2D eigenvalue weighted by Gasteiger charge is 2.06. The van der Waals surface area contributed by atoms with E-state index in [9.17, 15) is 0 Å². The largest absolute Gasteiger partial charge is 0.306 e. The standard InChI is InChI=1S/C7H15IN2/c1-9-4-2-6-10(8)7-3-5-9/h2-7H2,1H3. The lowest BCUT2D eigenvalue weighted by Gasteiger charge is -2.23. The molecule has 1 aliphatic heterocycles. The summed E-state index contributed by atoms with van der Waals surface area (Å²) in [7, 11) is 2.21. The molecule has 1 heterocycles. The van der Waals surface area contributed by atoms with Crippen molar-refractivity contribution in [1.29, 1.82) is 0 Å².